The van der Waals surface area contributed by atoms with Crippen molar-refractivity contribution in [3.8, 4) is 0 Å². The number of carbonyl (C=O) groups excluding carboxylic acids is 1. The van der Waals surface area contributed by atoms with E-state index < -0.39 is 15.4 Å². The number of hydrogen-bond acceptors (Lipinski definition) is 6. The third kappa shape index (κ3) is 4.28. The maximum absolute atomic E-state index is 12.8. The van der Waals surface area contributed by atoms with Crippen LogP contribution in [0, 0.1) is 11.3 Å². The lowest BCUT2D eigenvalue weighted by Crippen LogP contribution is -2.43. The first kappa shape index (κ1) is 19.6. The lowest BCUT2D eigenvalue weighted by atomic mass is 9.75. The van der Waals surface area contributed by atoms with Crippen molar-refractivity contribution in [3.05, 3.63) is 0 Å². The van der Waals surface area contributed by atoms with Crippen LogP contribution in [0.25, 0.3) is 0 Å². The largest absolute Gasteiger partial charge is 0.466 e. The minimum Gasteiger partial charge on any atom is -0.466 e. The van der Waals surface area contributed by atoms with Gasteiger partial charge >= 0.3 is 5.97 Å². The third-order valence-electron chi connectivity index (χ3n) is 5.23. The molecule has 0 unspecified atom stereocenters. The lowest BCUT2D eigenvalue weighted by Gasteiger charge is -2.31. The number of fused-ring (bicyclic) bond motifs is 1. The second-order valence-electron chi connectivity index (χ2n) is 7.34. The molecule has 0 aliphatic carbocycles. The third-order valence-corrected chi connectivity index (χ3v) is 6.50. The van der Waals surface area contributed by atoms with Crippen molar-refractivity contribution in [1.82, 2.24) is 14.1 Å². The maximum atomic E-state index is 12.8. The number of carbonyl (C=O) groups is 1. The number of nitrogens with zero attached hydrogens (tertiary/aromatic N) is 3. The van der Waals surface area contributed by atoms with E-state index in [1.165, 1.54) is 10.6 Å². The van der Waals surface area contributed by atoms with Crippen LogP contribution in [-0.4, -0.2) is 94.7 Å². The van der Waals surface area contributed by atoms with Gasteiger partial charge in [0.2, 0.25) is 10.0 Å². The summed E-state index contributed by atoms with van der Waals surface area (Å²) in [7, 11) is 0.816. The number of rotatable bonds is 6. The molecule has 0 saturated carbocycles. The number of sulfonamides is 1. The first-order valence-electron chi connectivity index (χ1n) is 8.68. The number of esters is 1. The smallest absolute Gasteiger partial charge is 0.313 e. The van der Waals surface area contributed by atoms with Crippen LogP contribution >= 0.6 is 0 Å². The molecule has 0 aromatic rings. The Balaban J connectivity index is 2.22. The molecule has 2 fully saturated rings. The molecule has 0 bridgehead atoms. The van der Waals surface area contributed by atoms with Gasteiger partial charge in [0, 0.05) is 45.2 Å². The quantitative estimate of drug-likeness (QED) is 0.624. The van der Waals surface area contributed by atoms with E-state index in [2.05, 4.69) is 9.80 Å². The fourth-order valence-electron chi connectivity index (χ4n) is 3.92. The number of likely N-dealkylation sites (tertiary alicyclic amines) is 1. The van der Waals surface area contributed by atoms with Gasteiger partial charge in [-0.2, -0.15) is 0 Å². The summed E-state index contributed by atoms with van der Waals surface area (Å²) in [6, 6.07) is 0. The van der Waals surface area contributed by atoms with Gasteiger partial charge in [-0.25, -0.2) is 12.7 Å². The zero-order valence-electron chi connectivity index (χ0n) is 15.3. The fourth-order valence-corrected chi connectivity index (χ4v) is 4.84. The predicted octanol–water partition coefficient (Wildman–Crippen LogP) is 0.0847. The summed E-state index contributed by atoms with van der Waals surface area (Å²) in [5, 5.41) is 0. The highest BCUT2D eigenvalue weighted by molar-refractivity contribution is 7.88. The van der Waals surface area contributed by atoms with Crippen molar-refractivity contribution < 1.29 is 17.9 Å². The van der Waals surface area contributed by atoms with Crippen LogP contribution in [0.15, 0.2) is 0 Å². The van der Waals surface area contributed by atoms with Gasteiger partial charge in [-0.1, -0.05) is 0 Å². The van der Waals surface area contributed by atoms with Gasteiger partial charge in [0.05, 0.1) is 18.3 Å². The van der Waals surface area contributed by atoms with E-state index in [1.807, 2.05) is 21.0 Å². The highest BCUT2D eigenvalue weighted by atomic mass is 32.2. The molecule has 2 rings (SSSR count). The first-order valence-corrected chi connectivity index (χ1v) is 10.5. The molecule has 0 radical (unpaired) electrons. The summed E-state index contributed by atoms with van der Waals surface area (Å²) in [6.45, 7) is 6.30. The van der Waals surface area contributed by atoms with E-state index in [9.17, 15) is 13.2 Å². The summed E-state index contributed by atoms with van der Waals surface area (Å²) >= 11 is 0. The molecule has 8 heteroatoms. The van der Waals surface area contributed by atoms with Crippen LogP contribution in [0.2, 0.25) is 0 Å². The molecule has 140 valence electrons. The van der Waals surface area contributed by atoms with E-state index in [4.69, 9.17) is 4.74 Å². The van der Waals surface area contributed by atoms with E-state index in [0.29, 0.717) is 39.1 Å². The van der Waals surface area contributed by atoms with Crippen molar-refractivity contribution >= 4 is 16.0 Å². The Morgan fingerprint density at radius 3 is 2.62 bits per heavy atom. The predicted molar refractivity (Wildman–Crippen MR) is 93.2 cm³/mol. The average molecular weight is 362 g/mol. The molecule has 2 atom stereocenters. The second kappa shape index (κ2) is 7.68. The molecule has 7 nitrogen and oxygen atoms in total. The van der Waals surface area contributed by atoms with Gasteiger partial charge in [-0.05, 0) is 33.9 Å². The van der Waals surface area contributed by atoms with Gasteiger partial charge in [-0.15, -0.1) is 0 Å². The van der Waals surface area contributed by atoms with Crippen LogP contribution in [0.1, 0.15) is 19.8 Å². The van der Waals surface area contributed by atoms with Crippen molar-refractivity contribution in [1.29, 1.82) is 0 Å². The van der Waals surface area contributed by atoms with Crippen molar-refractivity contribution in [2.45, 2.75) is 19.8 Å². The van der Waals surface area contributed by atoms with Crippen LogP contribution < -0.4 is 0 Å². The van der Waals surface area contributed by atoms with Gasteiger partial charge in [0.25, 0.3) is 0 Å². The zero-order chi connectivity index (χ0) is 18.0. The summed E-state index contributed by atoms with van der Waals surface area (Å²) in [4.78, 5) is 17.2. The number of likely N-dealkylation sites (N-methyl/N-ethyl adjacent to an activating group) is 1. The minimum absolute atomic E-state index is 0.00376. The van der Waals surface area contributed by atoms with Crippen molar-refractivity contribution in [3.63, 3.8) is 0 Å². The Morgan fingerprint density at radius 1 is 1.33 bits per heavy atom. The monoisotopic (exact) mass is 361 g/mol. The topological polar surface area (TPSA) is 70.2 Å². The number of hydrogen-bond donors (Lipinski definition) is 0. The first-order chi connectivity index (χ1) is 11.2. The summed E-state index contributed by atoms with van der Waals surface area (Å²) in [5.41, 5.74) is -0.568. The molecule has 0 aromatic heterocycles. The normalized spacial score (nSPS) is 29.5. The van der Waals surface area contributed by atoms with Crippen molar-refractivity contribution in [2.24, 2.45) is 11.3 Å². The second-order valence-corrected chi connectivity index (χ2v) is 9.32. The van der Waals surface area contributed by atoms with Gasteiger partial charge in [-0.3, -0.25) is 4.79 Å². The van der Waals surface area contributed by atoms with Gasteiger partial charge in [0.1, 0.15) is 0 Å². The Labute approximate surface area is 146 Å². The van der Waals surface area contributed by atoms with Crippen molar-refractivity contribution in [2.75, 3.05) is 66.2 Å². The summed E-state index contributed by atoms with van der Waals surface area (Å²) in [5.74, 6) is -0.159. The highest BCUT2D eigenvalue weighted by Gasteiger charge is 2.54. The van der Waals surface area contributed by atoms with Gasteiger partial charge in [0.15, 0.2) is 0 Å². The zero-order valence-corrected chi connectivity index (χ0v) is 16.1. The fraction of sp³-hybridized carbons (Fsp3) is 0.938. The summed E-state index contributed by atoms with van der Waals surface area (Å²) in [6.07, 6.45) is 2.65. The molecule has 2 aliphatic heterocycles. The molecule has 2 aliphatic rings. The van der Waals surface area contributed by atoms with E-state index in [0.717, 1.165) is 19.6 Å². The average Bonchev–Trinajstić information content (AvgIpc) is 2.72. The molecule has 24 heavy (non-hydrogen) atoms. The maximum Gasteiger partial charge on any atom is 0.313 e. The minimum atomic E-state index is -3.24. The molecular weight excluding hydrogens is 330 g/mol. The molecule has 0 amide bonds. The van der Waals surface area contributed by atoms with Gasteiger partial charge < -0.3 is 14.5 Å². The Hall–Kier alpha value is -0.700. The molecular formula is C16H31N3O4S. The molecule has 2 heterocycles. The van der Waals surface area contributed by atoms with E-state index in [1.54, 1.807) is 0 Å². The van der Waals surface area contributed by atoms with Crippen LogP contribution in [0.4, 0.5) is 0 Å². The van der Waals surface area contributed by atoms with Crippen LogP contribution in [-0.2, 0) is 19.6 Å². The molecule has 0 aromatic carbocycles. The Morgan fingerprint density at radius 2 is 2.04 bits per heavy atom. The number of ether oxygens (including phenoxy) is 1. The Kier molecular flexibility index (Phi) is 6.28. The molecule has 2 saturated heterocycles. The van der Waals surface area contributed by atoms with E-state index >= 15 is 0 Å². The van der Waals surface area contributed by atoms with Crippen LogP contribution in [0.5, 0.6) is 0 Å². The van der Waals surface area contributed by atoms with Crippen LogP contribution in [0.3, 0.4) is 0 Å². The summed E-state index contributed by atoms with van der Waals surface area (Å²) < 4.78 is 31.0. The SMILES string of the molecule is CCOC(=O)[C@@]12CCCN(S(C)(=O)=O)C[C@@H]1CN(CCN(C)C)C2. The standard InChI is InChI=1S/C16H31N3O4S/c1-5-23-15(20)16-7-6-8-19(24(4,21)22)12-14(16)11-18(13-16)10-9-17(2)3/h14H,5-13H2,1-4H3/t14-,16+/m0/s1. The molecule has 0 spiro atoms. The lowest BCUT2D eigenvalue weighted by molar-refractivity contribution is -0.157. The molecule has 0 N–H and O–H groups in total. The van der Waals surface area contributed by atoms with E-state index in [-0.39, 0.29) is 11.9 Å². The Bertz CT molecular complexity index is 552. The highest BCUT2D eigenvalue weighted by Crippen LogP contribution is 2.44.